The van der Waals surface area contributed by atoms with E-state index in [0.717, 1.165) is 32.6 Å². The van der Waals surface area contributed by atoms with E-state index in [4.69, 9.17) is 9.97 Å². The van der Waals surface area contributed by atoms with Crippen LogP contribution in [0.5, 0.6) is 0 Å². The van der Waals surface area contributed by atoms with E-state index in [1.165, 1.54) is 11.1 Å². The second kappa shape index (κ2) is 8.39. The first-order chi connectivity index (χ1) is 12.9. The van der Waals surface area contributed by atoms with E-state index in [2.05, 4.69) is 66.7 Å². The van der Waals surface area contributed by atoms with Gasteiger partial charge in [0.25, 0.3) is 0 Å². The molecular formula is C22H18N2S2. The molecule has 1 aromatic heterocycles. The average Bonchev–Trinajstić information content (AvgIpc) is 2.72. The van der Waals surface area contributed by atoms with Gasteiger partial charge in [0.1, 0.15) is 5.03 Å². The van der Waals surface area contributed by atoms with Crippen LogP contribution in [0.15, 0.2) is 95.1 Å². The highest BCUT2D eigenvalue weighted by molar-refractivity contribution is 7.99. The molecule has 26 heavy (non-hydrogen) atoms. The van der Waals surface area contributed by atoms with Crippen molar-refractivity contribution in [3.63, 3.8) is 0 Å². The molecule has 0 spiro atoms. The van der Waals surface area contributed by atoms with Crippen molar-refractivity contribution in [2.75, 3.05) is 0 Å². The van der Waals surface area contributed by atoms with Gasteiger partial charge in [-0.25, -0.2) is 9.97 Å². The summed E-state index contributed by atoms with van der Waals surface area (Å²) in [4.78, 5) is 9.59. The van der Waals surface area contributed by atoms with Gasteiger partial charge in [-0.2, -0.15) is 0 Å². The van der Waals surface area contributed by atoms with E-state index in [1.807, 2.05) is 18.2 Å². The number of benzene rings is 3. The molecule has 0 aliphatic carbocycles. The minimum absolute atomic E-state index is 0.836. The molecule has 0 saturated heterocycles. The lowest BCUT2D eigenvalue weighted by Crippen LogP contribution is -1.93. The molecule has 0 unspecified atom stereocenters. The van der Waals surface area contributed by atoms with Gasteiger partial charge in [0.15, 0.2) is 5.16 Å². The first kappa shape index (κ1) is 17.1. The Morgan fingerprint density at radius 3 is 1.85 bits per heavy atom. The van der Waals surface area contributed by atoms with E-state index in [9.17, 15) is 0 Å². The first-order valence-corrected chi connectivity index (χ1v) is 10.5. The molecule has 0 aliphatic heterocycles. The van der Waals surface area contributed by atoms with Gasteiger partial charge < -0.3 is 0 Å². The molecule has 0 atom stereocenters. The molecular weight excluding hydrogens is 356 g/mol. The van der Waals surface area contributed by atoms with Gasteiger partial charge in [-0.05, 0) is 17.2 Å². The third-order valence-electron chi connectivity index (χ3n) is 3.98. The molecule has 3 aromatic carbocycles. The molecule has 128 valence electrons. The van der Waals surface area contributed by atoms with Crippen LogP contribution in [0.2, 0.25) is 0 Å². The molecule has 4 rings (SSSR count). The highest BCUT2D eigenvalue weighted by Gasteiger charge is 2.09. The van der Waals surface area contributed by atoms with Crippen LogP contribution in [0.25, 0.3) is 10.9 Å². The zero-order valence-corrected chi connectivity index (χ0v) is 15.8. The zero-order chi connectivity index (χ0) is 17.6. The molecule has 4 heteroatoms. The fourth-order valence-corrected chi connectivity index (χ4v) is 4.49. The van der Waals surface area contributed by atoms with Gasteiger partial charge in [0.2, 0.25) is 0 Å². The maximum Gasteiger partial charge on any atom is 0.189 e. The molecule has 4 aromatic rings. The quantitative estimate of drug-likeness (QED) is 0.227. The minimum Gasteiger partial charge on any atom is -0.222 e. The van der Waals surface area contributed by atoms with Crippen molar-refractivity contribution in [1.82, 2.24) is 9.97 Å². The summed E-state index contributed by atoms with van der Waals surface area (Å²) in [6.07, 6.45) is 0. The fourth-order valence-electron chi connectivity index (χ4n) is 2.65. The number of para-hydroxylation sites is 1. The Morgan fingerprint density at radius 1 is 0.577 bits per heavy atom. The Morgan fingerprint density at radius 2 is 1.15 bits per heavy atom. The van der Waals surface area contributed by atoms with Crippen LogP contribution < -0.4 is 0 Å². The smallest absolute Gasteiger partial charge is 0.189 e. The molecule has 0 aliphatic rings. The first-order valence-electron chi connectivity index (χ1n) is 8.49. The fraction of sp³-hybridized carbons (Fsp3) is 0.0909. The number of hydrogen-bond acceptors (Lipinski definition) is 4. The van der Waals surface area contributed by atoms with Gasteiger partial charge >= 0.3 is 0 Å². The van der Waals surface area contributed by atoms with Crippen LogP contribution in [0.1, 0.15) is 11.1 Å². The second-order valence-corrected chi connectivity index (χ2v) is 7.78. The third-order valence-corrected chi connectivity index (χ3v) is 5.96. The van der Waals surface area contributed by atoms with Crippen molar-refractivity contribution in [1.29, 1.82) is 0 Å². The Labute approximate surface area is 162 Å². The van der Waals surface area contributed by atoms with E-state index in [1.54, 1.807) is 23.5 Å². The van der Waals surface area contributed by atoms with Gasteiger partial charge in [-0.3, -0.25) is 0 Å². The standard InChI is InChI=1S/C22H18N2S2/c1-3-9-17(10-4-1)15-25-21-19-13-7-8-14-20(19)23-22(24-21)26-16-18-11-5-2-6-12-18/h1-14H,15-16H2. The Kier molecular flexibility index (Phi) is 5.53. The summed E-state index contributed by atoms with van der Waals surface area (Å²) in [5.41, 5.74) is 3.60. The summed E-state index contributed by atoms with van der Waals surface area (Å²) >= 11 is 3.46. The number of thioether (sulfide) groups is 2. The van der Waals surface area contributed by atoms with E-state index in [-0.39, 0.29) is 0 Å². The molecule has 0 fully saturated rings. The highest BCUT2D eigenvalue weighted by Crippen LogP contribution is 2.31. The SMILES string of the molecule is c1ccc(CSc2nc(SCc3ccccc3)c3ccccc3n2)cc1. The summed E-state index contributed by atoms with van der Waals surface area (Å²) < 4.78 is 0. The summed E-state index contributed by atoms with van der Waals surface area (Å²) in [6, 6.07) is 29.2. The number of nitrogens with zero attached hydrogens (tertiary/aromatic N) is 2. The van der Waals surface area contributed by atoms with E-state index < -0.39 is 0 Å². The lowest BCUT2D eigenvalue weighted by molar-refractivity contribution is 0.930. The van der Waals surface area contributed by atoms with E-state index >= 15 is 0 Å². The highest BCUT2D eigenvalue weighted by atomic mass is 32.2. The molecule has 1 heterocycles. The molecule has 0 radical (unpaired) electrons. The van der Waals surface area contributed by atoms with Crippen LogP contribution in [0.4, 0.5) is 0 Å². The Balaban J connectivity index is 1.58. The summed E-state index contributed by atoms with van der Waals surface area (Å²) in [5.74, 6) is 1.78. The second-order valence-electron chi connectivity index (χ2n) is 5.88. The maximum atomic E-state index is 4.85. The van der Waals surface area contributed by atoms with Gasteiger partial charge in [0.05, 0.1) is 5.52 Å². The largest absolute Gasteiger partial charge is 0.222 e. The van der Waals surface area contributed by atoms with Gasteiger partial charge in [0, 0.05) is 16.9 Å². The molecule has 0 saturated carbocycles. The summed E-state index contributed by atoms with van der Waals surface area (Å²) in [5, 5.41) is 3.01. The van der Waals surface area contributed by atoms with Crippen LogP contribution >= 0.6 is 23.5 Å². The van der Waals surface area contributed by atoms with Crippen LogP contribution in [-0.4, -0.2) is 9.97 Å². The predicted molar refractivity (Wildman–Crippen MR) is 112 cm³/mol. The normalized spacial score (nSPS) is 10.9. The van der Waals surface area contributed by atoms with Crippen molar-refractivity contribution < 1.29 is 0 Å². The molecule has 0 amide bonds. The number of rotatable bonds is 6. The molecule has 0 N–H and O–H groups in total. The Bertz CT molecular complexity index is 989. The predicted octanol–water partition coefficient (Wildman–Crippen LogP) is 6.21. The monoisotopic (exact) mass is 374 g/mol. The number of aromatic nitrogens is 2. The van der Waals surface area contributed by atoms with Crippen molar-refractivity contribution in [3.8, 4) is 0 Å². The average molecular weight is 375 g/mol. The molecule has 0 bridgehead atoms. The summed E-state index contributed by atoms with van der Waals surface area (Å²) in [7, 11) is 0. The van der Waals surface area contributed by atoms with Crippen molar-refractivity contribution in [2.24, 2.45) is 0 Å². The summed E-state index contributed by atoms with van der Waals surface area (Å²) in [6.45, 7) is 0. The van der Waals surface area contributed by atoms with Crippen molar-refractivity contribution in [3.05, 3.63) is 96.1 Å². The van der Waals surface area contributed by atoms with Gasteiger partial charge in [-0.15, -0.1) is 11.8 Å². The topological polar surface area (TPSA) is 25.8 Å². The Hall–Kier alpha value is -2.30. The van der Waals surface area contributed by atoms with Crippen LogP contribution in [0, 0.1) is 0 Å². The number of hydrogen-bond donors (Lipinski definition) is 0. The van der Waals surface area contributed by atoms with Gasteiger partial charge in [-0.1, -0.05) is 90.6 Å². The third kappa shape index (κ3) is 4.26. The van der Waals surface area contributed by atoms with Crippen molar-refractivity contribution >= 4 is 34.4 Å². The lowest BCUT2D eigenvalue weighted by atomic mass is 10.2. The van der Waals surface area contributed by atoms with Crippen LogP contribution in [-0.2, 0) is 11.5 Å². The number of fused-ring (bicyclic) bond motifs is 1. The maximum absolute atomic E-state index is 4.85. The molecule has 2 nitrogen and oxygen atoms in total. The lowest BCUT2D eigenvalue weighted by Gasteiger charge is -2.08. The zero-order valence-electron chi connectivity index (χ0n) is 14.2. The van der Waals surface area contributed by atoms with Crippen molar-refractivity contribution in [2.45, 2.75) is 21.7 Å². The van der Waals surface area contributed by atoms with E-state index in [0.29, 0.717) is 0 Å². The van der Waals surface area contributed by atoms with Crippen LogP contribution in [0.3, 0.4) is 0 Å². The minimum atomic E-state index is 0.836.